The van der Waals surface area contributed by atoms with Crippen molar-refractivity contribution in [2.75, 3.05) is 11.4 Å². The van der Waals surface area contributed by atoms with Crippen LogP contribution in [0.4, 0.5) is 5.69 Å². The van der Waals surface area contributed by atoms with Crippen LogP contribution >= 0.6 is 0 Å². The van der Waals surface area contributed by atoms with Crippen molar-refractivity contribution in [3.05, 3.63) is 57.8 Å². The SMILES string of the molecule is N#Cc1ccccc1N1CCc2nc[nH]c(=O)c2C1. The van der Waals surface area contributed by atoms with E-state index in [1.807, 2.05) is 18.2 Å². The van der Waals surface area contributed by atoms with E-state index in [2.05, 4.69) is 20.9 Å². The highest BCUT2D eigenvalue weighted by Crippen LogP contribution is 2.24. The van der Waals surface area contributed by atoms with Gasteiger partial charge in [-0.15, -0.1) is 0 Å². The Morgan fingerprint density at radius 3 is 3.05 bits per heavy atom. The van der Waals surface area contributed by atoms with Crippen LogP contribution in [-0.2, 0) is 13.0 Å². The molecule has 1 N–H and O–H groups in total. The molecule has 0 fully saturated rings. The van der Waals surface area contributed by atoms with E-state index in [-0.39, 0.29) is 5.56 Å². The normalized spacial score (nSPS) is 13.7. The zero-order valence-electron chi connectivity index (χ0n) is 10.3. The van der Waals surface area contributed by atoms with E-state index < -0.39 is 0 Å². The fourth-order valence-electron chi connectivity index (χ4n) is 2.40. The van der Waals surface area contributed by atoms with Crippen molar-refractivity contribution in [2.24, 2.45) is 0 Å². The highest BCUT2D eigenvalue weighted by atomic mass is 16.1. The summed E-state index contributed by atoms with van der Waals surface area (Å²) in [4.78, 5) is 20.7. The van der Waals surface area contributed by atoms with Crippen molar-refractivity contribution in [3.63, 3.8) is 0 Å². The van der Waals surface area contributed by atoms with Gasteiger partial charge in [0.2, 0.25) is 0 Å². The lowest BCUT2D eigenvalue weighted by Crippen LogP contribution is -2.35. The molecule has 1 aliphatic heterocycles. The number of nitriles is 1. The summed E-state index contributed by atoms with van der Waals surface area (Å²) in [5.41, 5.74) is 2.96. The first-order valence-corrected chi connectivity index (χ1v) is 6.09. The van der Waals surface area contributed by atoms with Crippen LogP contribution in [0.15, 0.2) is 35.4 Å². The van der Waals surface area contributed by atoms with Gasteiger partial charge in [0.25, 0.3) is 5.56 Å². The molecule has 0 bridgehead atoms. The molecule has 0 amide bonds. The molecule has 5 nitrogen and oxygen atoms in total. The summed E-state index contributed by atoms with van der Waals surface area (Å²) in [6, 6.07) is 9.63. The maximum absolute atomic E-state index is 11.8. The van der Waals surface area contributed by atoms with Crippen molar-refractivity contribution < 1.29 is 0 Å². The molecule has 19 heavy (non-hydrogen) atoms. The molecule has 5 heteroatoms. The second kappa shape index (κ2) is 4.58. The van der Waals surface area contributed by atoms with Gasteiger partial charge in [-0.3, -0.25) is 4.79 Å². The maximum atomic E-state index is 11.8. The number of anilines is 1. The van der Waals surface area contributed by atoms with E-state index in [1.165, 1.54) is 6.33 Å². The van der Waals surface area contributed by atoms with E-state index in [0.29, 0.717) is 17.7 Å². The topological polar surface area (TPSA) is 72.8 Å². The van der Waals surface area contributed by atoms with Crippen molar-refractivity contribution in [2.45, 2.75) is 13.0 Å². The van der Waals surface area contributed by atoms with Crippen molar-refractivity contribution >= 4 is 5.69 Å². The van der Waals surface area contributed by atoms with Gasteiger partial charge in [0.1, 0.15) is 6.07 Å². The molecule has 2 aromatic rings. The molecular weight excluding hydrogens is 240 g/mol. The van der Waals surface area contributed by atoms with Gasteiger partial charge in [0, 0.05) is 13.0 Å². The molecule has 0 spiro atoms. The summed E-state index contributed by atoms with van der Waals surface area (Å²) in [7, 11) is 0. The Morgan fingerprint density at radius 2 is 2.21 bits per heavy atom. The van der Waals surface area contributed by atoms with Gasteiger partial charge in [-0.25, -0.2) is 4.98 Å². The molecule has 1 aliphatic rings. The number of aromatic nitrogens is 2. The minimum atomic E-state index is -0.0934. The predicted molar refractivity (Wildman–Crippen MR) is 70.8 cm³/mol. The van der Waals surface area contributed by atoms with Crippen LogP contribution in [0.25, 0.3) is 0 Å². The molecule has 0 saturated heterocycles. The number of fused-ring (bicyclic) bond motifs is 1. The van der Waals surface area contributed by atoms with Gasteiger partial charge in [-0.2, -0.15) is 5.26 Å². The van der Waals surface area contributed by atoms with E-state index >= 15 is 0 Å². The minimum Gasteiger partial charge on any atom is -0.365 e. The lowest BCUT2D eigenvalue weighted by Gasteiger charge is -2.29. The number of para-hydroxylation sites is 1. The lowest BCUT2D eigenvalue weighted by molar-refractivity contribution is 0.697. The Bertz CT molecular complexity index is 714. The Balaban J connectivity index is 2.01. The zero-order valence-corrected chi connectivity index (χ0v) is 10.3. The first-order chi connectivity index (χ1) is 9.29. The van der Waals surface area contributed by atoms with Crippen LogP contribution in [0.3, 0.4) is 0 Å². The molecule has 1 aromatic heterocycles. The van der Waals surface area contributed by atoms with Crippen molar-refractivity contribution in [1.29, 1.82) is 5.26 Å². The van der Waals surface area contributed by atoms with Gasteiger partial charge in [0.15, 0.2) is 0 Å². The molecule has 0 aliphatic carbocycles. The molecule has 1 aromatic carbocycles. The summed E-state index contributed by atoms with van der Waals surface area (Å²) in [5, 5.41) is 9.14. The average molecular weight is 252 g/mol. The second-order valence-electron chi connectivity index (χ2n) is 4.46. The van der Waals surface area contributed by atoms with Gasteiger partial charge >= 0.3 is 0 Å². The third kappa shape index (κ3) is 1.97. The molecule has 2 heterocycles. The van der Waals surface area contributed by atoms with Crippen LogP contribution in [0, 0.1) is 11.3 Å². The maximum Gasteiger partial charge on any atom is 0.255 e. The highest BCUT2D eigenvalue weighted by Gasteiger charge is 2.21. The Labute approximate surface area is 110 Å². The molecule has 0 saturated carbocycles. The Kier molecular flexibility index (Phi) is 2.76. The summed E-state index contributed by atoms with van der Waals surface area (Å²) in [6.45, 7) is 1.26. The monoisotopic (exact) mass is 252 g/mol. The standard InChI is InChI=1S/C14H12N4O/c15-7-10-3-1-2-4-13(10)18-6-5-12-11(8-18)14(19)17-9-16-12/h1-4,9H,5-6,8H2,(H,16,17,19). The first kappa shape index (κ1) is 11.5. The summed E-state index contributed by atoms with van der Waals surface area (Å²) < 4.78 is 0. The third-order valence-electron chi connectivity index (χ3n) is 3.37. The number of aromatic amines is 1. The van der Waals surface area contributed by atoms with Gasteiger partial charge in [0.05, 0.1) is 35.4 Å². The molecular formula is C14H12N4O. The van der Waals surface area contributed by atoms with Crippen LogP contribution in [0.1, 0.15) is 16.8 Å². The van der Waals surface area contributed by atoms with Crippen LogP contribution in [0.5, 0.6) is 0 Å². The van der Waals surface area contributed by atoms with Crippen molar-refractivity contribution in [3.8, 4) is 6.07 Å². The molecule has 0 unspecified atom stereocenters. The fourth-order valence-corrected chi connectivity index (χ4v) is 2.40. The molecule has 3 rings (SSSR count). The summed E-state index contributed by atoms with van der Waals surface area (Å²) in [6.07, 6.45) is 2.17. The van der Waals surface area contributed by atoms with E-state index in [0.717, 1.165) is 24.3 Å². The minimum absolute atomic E-state index is 0.0934. The predicted octanol–water partition coefficient (Wildman–Crippen LogP) is 1.20. The lowest BCUT2D eigenvalue weighted by atomic mass is 10.0. The summed E-state index contributed by atoms with van der Waals surface area (Å²) in [5.74, 6) is 0. The Hall–Kier alpha value is -2.61. The largest absolute Gasteiger partial charge is 0.365 e. The van der Waals surface area contributed by atoms with E-state index in [1.54, 1.807) is 6.07 Å². The third-order valence-corrected chi connectivity index (χ3v) is 3.37. The van der Waals surface area contributed by atoms with Crippen LogP contribution < -0.4 is 10.5 Å². The van der Waals surface area contributed by atoms with Gasteiger partial charge in [-0.05, 0) is 12.1 Å². The molecule has 0 atom stereocenters. The number of rotatable bonds is 1. The molecule has 94 valence electrons. The second-order valence-corrected chi connectivity index (χ2v) is 4.46. The number of hydrogen-bond acceptors (Lipinski definition) is 4. The number of H-pyrrole nitrogens is 1. The Morgan fingerprint density at radius 1 is 1.37 bits per heavy atom. The highest BCUT2D eigenvalue weighted by molar-refractivity contribution is 5.60. The summed E-state index contributed by atoms with van der Waals surface area (Å²) >= 11 is 0. The van der Waals surface area contributed by atoms with Gasteiger partial charge in [-0.1, -0.05) is 12.1 Å². The fraction of sp³-hybridized carbons (Fsp3) is 0.214. The number of nitrogens with one attached hydrogen (secondary N) is 1. The van der Waals surface area contributed by atoms with E-state index in [4.69, 9.17) is 5.26 Å². The number of hydrogen-bond donors (Lipinski definition) is 1. The molecule has 0 radical (unpaired) electrons. The smallest absolute Gasteiger partial charge is 0.255 e. The quantitative estimate of drug-likeness (QED) is 0.827. The van der Waals surface area contributed by atoms with Gasteiger partial charge < -0.3 is 9.88 Å². The van der Waals surface area contributed by atoms with E-state index in [9.17, 15) is 4.79 Å². The number of benzene rings is 1. The van der Waals surface area contributed by atoms with Crippen molar-refractivity contribution in [1.82, 2.24) is 9.97 Å². The zero-order chi connectivity index (χ0) is 13.2. The van der Waals surface area contributed by atoms with Crippen LogP contribution in [0.2, 0.25) is 0 Å². The van der Waals surface area contributed by atoms with Crippen LogP contribution in [-0.4, -0.2) is 16.5 Å². The number of nitrogens with zero attached hydrogens (tertiary/aromatic N) is 3. The average Bonchev–Trinajstić information content (AvgIpc) is 2.47. The first-order valence-electron chi connectivity index (χ1n) is 6.09.